The number of hydrogen-bond donors (Lipinski definition) is 0. The smallest absolute Gasteiger partial charge is 0.139 e. The monoisotopic (exact) mass is 209 g/mol. The molecule has 1 rings (SSSR count). The quantitative estimate of drug-likeness (QED) is 0.216. The normalized spacial score (nSPS) is 19.2. The van der Waals surface area contributed by atoms with Crippen LogP contribution in [0.3, 0.4) is 0 Å². The van der Waals surface area contributed by atoms with E-state index >= 15 is 0 Å². The molecule has 1 aliphatic rings. The summed E-state index contributed by atoms with van der Waals surface area (Å²) in [6, 6.07) is 0. The summed E-state index contributed by atoms with van der Waals surface area (Å²) < 4.78 is 5.57. The van der Waals surface area contributed by atoms with Crippen LogP contribution in [0.2, 0.25) is 0 Å². The minimum atomic E-state index is -0.268. The number of nitrogens with zero attached hydrogens (tertiary/aromatic N) is 3. The molecule has 1 fully saturated rings. The molecule has 0 saturated heterocycles. The average Bonchev–Trinajstić information content (AvgIpc) is 2.29. The Morgan fingerprint density at radius 3 is 2.80 bits per heavy atom. The van der Waals surface area contributed by atoms with Crippen LogP contribution in [0, 0.1) is 5.92 Å². The van der Waals surface area contributed by atoms with Gasteiger partial charge >= 0.3 is 0 Å². The molecular weight excluding hydrogens is 190 g/mol. The van der Waals surface area contributed by atoms with Gasteiger partial charge in [0.15, 0.2) is 0 Å². The molecule has 84 valence electrons. The van der Waals surface area contributed by atoms with E-state index in [0.29, 0.717) is 12.5 Å². The third kappa shape index (κ3) is 4.36. The van der Waals surface area contributed by atoms with Gasteiger partial charge in [-0.15, -0.1) is 6.58 Å². The van der Waals surface area contributed by atoms with Crippen LogP contribution in [0.1, 0.15) is 38.5 Å². The minimum Gasteiger partial charge on any atom is -0.372 e. The molecule has 0 bridgehead atoms. The van der Waals surface area contributed by atoms with Crippen molar-refractivity contribution in [1.29, 1.82) is 0 Å². The van der Waals surface area contributed by atoms with E-state index in [1.165, 1.54) is 19.3 Å². The highest BCUT2D eigenvalue weighted by molar-refractivity contribution is 4.74. The summed E-state index contributed by atoms with van der Waals surface area (Å²) in [4.78, 5) is 2.86. The zero-order chi connectivity index (χ0) is 10.9. The van der Waals surface area contributed by atoms with Gasteiger partial charge in [-0.25, -0.2) is 0 Å². The third-order valence-corrected chi connectivity index (χ3v) is 2.83. The van der Waals surface area contributed by atoms with Gasteiger partial charge in [-0.3, -0.25) is 0 Å². The summed E-state index contributed by atoms with van der Waals surface area (Å²) in [6.45, 7) is 4.23. The highest BCUT2D eigenvalue weighted by atomic mass is 16.5. The van der Waals surface area contributed by atoms with Gasteiger partial charge in [0.25, 0.3) is 0 Å². The summed E-state index contributed by atoms with van der Waals surface area (Å²) in [6.07, 6.45) is 8.36. The minimum absolute atomic E-state index is 0.268. The molecule has 4 nitrogen and oxygen atoms in total. The van der Waals surface area contributed by atoms with E-state index in [1.54, 1.807) is 0 Å². The Morgan fingerprint density at radius 1 is 1.47 bits per heavy atom. The molecule has 4 heteroatoms. The van der Waals surface area contributed by atoms with E-state index in [0.717, 1.165) is 19.3 Å². The highest BCUT2D eigenvalue weighted by Gasteiger charge is 2.22. The lowest BCUT2D eigenvalue weighted by atomic mass is 9.88. The van der Waals surface area contributed by atoms with Crippen molar-refractivity contribution in [1.82, 2.24) is 0 Å². The number of ether oxygens (including phenoxy) is 1. The largest absolute Gasteiger partial charge is 0.372 e. The zero-order valence-electron chi connectivity index (χ0n) is 9.14. The van der Waals surface area contributed by atoms with E-state index < -0.39 is 0 Å². The topological polar surface area (TPSA) is 58.0 Å². The molecule has 0 aromatic rings. The fourth-order valence-corrected chi connectivity index (χ4v) is 2.01. The Hall–Kier alpha value is -0.990. The van der Waals surface area contributed by atoms with E-state index in [1.807, 2.05) is 6.08 Å². The van der Waals surface area contributed by atoms with E-state index in [-0.39, 0.29) is 6.23 Å². The predicted octanol–water partition coefficient (Wildman–Crippen LogP) is 3.80. The molecule has 1 saturated carbocycles. The average molecular weight is 209 g/mol. The maximum absolute atomic E-state index is 8.48. The lowest BCUT2D eigenvalue weighted by Crippen LogP contribution is -2.24. The molecule has 0 heterocycles. The Morgan fingerprint density at radius 2 is 2.20 bits per heavy atom. The van der Waals surface area contributed by atoms with Crippen LogP contribution >= 0.6 is 0 Å². The van der Waals surface area contributed by atoms with Gasteiger partial charge in [-0.2, -0.15) is 0 Å². The molecule has 15 heavy (non-hydrogen) atoms. The number of rotatable bonds is 6. The first-order valence-corrected chi connectivity index (χ1v) is 5.65. The Kier molecular flexibility index (Phi) is 5.90. The van der Waals surface area contributed by atoms with E-state index in [4.69, 9.17) is 10.3 Å². The first-order valence-electron chi connectivity index (χ1n) is 5.65. The van der Waals surface area contributed by atoms with Crippen molar-refractivity contribution >= 4 is 0 Å². The van der Waals surface area contributed by atoms with E-state index in [2.05, 4.69) is 16.6 Å². The van der Waals surface area contributed by atoms with Crippen molar-refractivity contribution in [2.75, 3.05) is 6.61 Å². The predicted molar refractivity (Wildman–Crippen MR) is 60.3 cm³/mol. The van der Waals surface area contributed by atoms with Crippen LogP contribution in [-0.2, 0) is 4.74 Å². The van der Waals surface area contributed by atoms with Gasteiger partial charge in [0.1, 0.15) is 6.23 Å². The summed E-state index contributed by atoms with van der Waals surface area (Å²) in [5.41, 5.74) is 8.48. The van der Waals surface area contributed by atoms with Gasteiger partial charge < -0.3 is 4.74 Å². The van der Waals surface area contributed by atoms with Gasteiger partial charge in [-0.05, 0) is 30.7 Å². The molecule has 0 spiro atoms. The van der Waals surface area contributed by atoms with E-state index in [9.17, 15) is 0 Å². The van der Waals surface area contributed by atoms with Gasteiger partial charge in [0.2, 0.25) is 0 Å². The second-order valence-electron chi connectivity index (χ2n) is 3.94. The van der Waals surface area contributed by atoms with Crippen molar-refractivity contribution < 1.29 is 4.74 Å². The summed E-state index contributed by atoms with van der Waals surface area (Å²) in [5, 5.41) is 3.74. The number of hydrogen-bond acceptors (Lipinski definition) is 2. The van der Waals surface area contributed by atoms with Gasteiger partial charge in [-0.1, -0.05) is 30.5 Å². The molecule has 0 N–H and O–H groups in total. The lowest BCUT2D eigenvalue weighted by Gasteiger charge is -2.26. The molecule has 0 aliphatic heterocycles. The first kappa shape index (κ1) is 12.1. The molecule has 0 aromatic heterocycles. The fourth-order valence-electron chi connectivity index (χ4n) is 2.01. The number of azide groups is 1. The van der Waals surface area contributed by atoms with Crippen LogP contribution < -0.4 is 0 Å². The van der Waals surface area contributed by atoms with Gasteiger partial charge in [0.05, 0.1) is 6.61 Å². The fraction of sp³-hybridized carbons (Fsp3) is 0.818. The van der Waals surface area contributed by atoms with Crippen molar-refractivity contribution in [3.05, 3.63) is 23.1 Å². The Labute approximate surface area is 90.9 Å². The Bertz CT molecular complexity index is 230. The second-order valence-corrected chi connectivity index (χ2v) is 3.94. The summed E-state index contributed by atoms with van der Waals surface area (Å²) in [7, 11) is 0. The molecule has 0 radical (unpaired) electrons. The van der Waals surface area contributed by atoms with Crippen molar-refractivity contribution in [3.8, 4) is 0 Å². The Balaban J connectivity index is 2.40. The molecule has 0 amide bonds. The maximum atomic E-state index is 8.48. The van der Waals surface area contributed by atoms with Crippen LogP contribution in [0.25, 0.3) is 10.4 Å². The third-order valence-electron chi connectivity index (χ3n) is 2.83. The standard InChI is InChI=1S/C11H19N3O/c1-2-3-9-15-11(13-14-12)10-7-5-4-6-8-10/h2,10-11H,1,3-9H2. The highest BCUT2D eigenvalue weighted by Crippen LogP contribution is 2.28. The van der Waals surface area contributed by atoms with Crippen LogP contribution in [0.15, 0.2) is 17.8 Å². The molecule has 1 aliphatic carbocycles. The molecule has 0 aromatic carbocycles. The van der Waals surface area contributed by atoms with Crippen molar-refractivity contribution in [2.45, 2.75) is 44.8 Å². The van der Waals surface area contributed by atoms with Crippen LogP contribution in [0.5, 0.6) is 0 Å². The van der Waals surface area contributed by atoms with Gasteiger partial charge in [0, 0.05) is 4.91 Å². The van der Waals surface area contributed by atoms with Crippen molar-refractivity contribution in [2.24, 2.45) is 11.0 Å². The lowest BCUT2D eigenvalue weighted by molar-refractivity contribution is 0.00747. The maximum Gasteiger partial charge on any atom is 0.139 e. The summed E-state index contributed by atoms with van der Waals surface area (Å²) >= 11 is 0. The zero-order valence-corrected chi connectivity index (χ0v) is 9.14. The second kappa shape index (κ2) is 7.32. The SMILES string of the molecule is C=CCCOC(N=[N+]=[N-])C1CCCCC1. The first-order chi connectivity index (χ1) is 7.38. The molecule has 1 unspecified atom stereocenters. The molecule has 1 atom stereocenters. The molecular formula is C11H19N3O. The van der Waals surface area contributed by atoms with Crippen molar-refractivity contribution in [3.63, 3.8) is 0 Å². The van der Waals surface area contributed by atoms with Crippen LogP contribution in [-0.4, -0.2) is 12.8 Å². The summed E-state index contributed by atoms with van der Waals surface area (Å²) in [5.74, 6) is 0.416. The van der Waals surface area contributed by atoms with Crippen LogP contribution in [0.4, 0.5) is 0 Å².